The molecular weight excluding hydrogens is 342 g/mol. The maximum atomic E-state index is 12.4. The van der Waals surface area contributed by atoms with Gasteiger partial charge in [-0.2, -0.15) is 8.78 Å². The number of carbonyl (C=O) groups is 1. The predicted octanol–water partition coefficient (Wildman–Crippen LogP) is 3.00. The maximum absolute atomic E-state index is 12.4. The molecule has 26 heavy (non-hydrogen) atoms. The molecule has 0 aliphatic heterocycles. The first-order valence-corrected chi connectivity index (χ1v) is 7.80. The Morgan fingerprint density at radius 3 is 2.81 bits per heavy atom. The number of hydrogen-bond acceptors (Lipinski definition) is 4. The summed E-state index contributed by atoms with van der Waals surface area (Å²) in [6, 6.07) is 11.8. The summed E-state index contributed by atoms with van der Waals surface area (Å²) in [6.07, 6.45) is 4.56. The van der Waals surface area contributed by atoms with E-state index in [0.717, 1.165) is 0 Å². The van der Waals surface area contributed by atoms with Crippen LogP contribution in [-0.2, 0) is 11.3 Å². The maximum Gasteiger partial charge on any atom is 0.387 e. The van der Waals surface area contributed by atoms with Crippen LogP contribution in [0.3, 0.4) is 0 Å². The van der Waals surface area contributed by atoms with Crippen LogP contribution in [0.5, 0.6) is 5.75 Å². The molecule has 0 aliphatic rings. The second-order valence-corrected chi connectivity index (χ2v) is 5.49. The first kappa shape index (κ1) is 17.5. The summed E-state index contributed by atoms with van der Waals surface area (Å²) in [6.45, 7) is -2.67. The van der Waals surface area contributed by atoms with E-state index in [-0.39, 0.29) is 18.2 Å². The summed E-state index contributed by atoms with van der Waals surface area (Å²) in [4.78, 5) is 13.8. The molecule has 0 fully saturated rings. The van der Waals surface area contributed by atoms with Gasteiger partial charge in [0.1, 0.15) is 5.75 Å². The van der Waals surface area contributed by atoms with Crippen molar-refractivity contribution in [3.63, 3.8) is 0 Å². The van der Waals surface area contributed by atoms with Crippen molar-refractivity contribution in [3.05, 3.63) is 66.1 Å². The van der Waals surface area contributed by atoms with Gasteiger partial charge in [0.2, 0.25) is 5.91 Å². The van der Waals surface area contributed by atoms with Crippen LogP contribution < -0.4 is 4.74 Å². The molecule has 0 saturated heterocycles. The van der Waals surface area contributed by atoms with Gasteiger partial charge in [-0.3, -0.25) is 9.20 Å². The number of ether oxygens (including phenoxy) is 1. The Morgan fingerprint density at radius 2 is 2.00 bits per heavy atom. The van der Waals surface area contributed by atoms with Crippen LogP contribution in [0.2, 0.25) is 0 Å². The fourth-order valence-electron chi connectivity index (χ4n) is 2.40. The van der Waals surface area contributed by atoms with E-state index >= 15 is 0 Å². The van der Waals surface area contributed by atoms with Crippen molar-refractivity contribution in [2.75, 3.05) is 7.05 Å². The minimum Gasteiger partial charge on any atom is -0.434 e. The van der Waals surface area contributed by atoms with Crippen molar-refractivity contribution in [1.82, 2.24) is 19.5 Å². The first-order valence-electron chi connectivity index (χ1n) is 7.80. The zero-order chi connectivity index (χ0) is 18.5. The molecule has 0 spiro atoms. The number of benzene rings is 1. The second-order valence-electron chi connectivity index (χ2n) is 5.49. The lowest BCUT2D eigenvalue weighted by Gasteiger charge is -2.14. The lowest BCUT2D eigenvalue weighted by atomic mass is 10.2. The van der Waals surface area contributed by atoms with Crippen LogP contribution in [0.15, 0.2) is 54.7 Å². The standard InChI is InChI=1S/C18H16F2N4O2/c1-23(12-16-22-21-15-8-4-5-11-24(15)16)17(25)10-9-13-6-2-3-7-14(13)26-18(19)20/h2-11,18H,12H2,1H3. The molecule has 3 rings (SSSR count). The summed E-state index contributed by atoms with van der Waals surface area (Å²) >= 11 is 0. The van der Waals surface area contributed by atoms with Crippen LogP contribution in [-0.4, -0.2) is 39.1 Å². The number of nitrogens with zero attached hydrogens (tertiary/aromatic N) is 4. The third kappa shape index (κ3) is 4.02. The van der Waals surface area contributed by atoms with Crippen LogP contribution in [0.1, 0.15) is 11.4 Å². The van der Waals surface area contributed by atoms with Gasteiger partial charge in [0.15, 0.2) is 11.5 Å². The second kappa shape index (κ2) is 7.73. The minimum absolute atomic E-state index is 0.0117. The van der Waals surface area contributed by atoms with Gasteiger partial charge >= 0.3 is 6.61 Å². The van der Waals surface area contributed by atoms with Crippen molar-refractivity contribution < 1.29 is 18.3 Å². The fraction of sp³-hybridized carbons (Fsp3) is 0.167. The van der Waals surface area contributed by atoms with Crippen LogP contribution in [0.25, 0.3) is 11.7 Å². The summed E-state index contributed by atoms with van der Waals surface area (Å²) in [5, 5.41) is 8.11. The number of para-hydroxylation sites is 1. The van der Waals surface area contributed by atoms with E-state index in [1.807, 2.05) is 24.4 Å². The molecule has 2 aromatic heterocycles. The molecule has 3 aromatic rings. The average molecular weight is 358 g/mol. The van der Waals surface area contributed by atoms with Crippen molar-refractivity contribution >= 4 is 17.6 Å². The highest BCUT2D eigenvalue weighted by molar-refractivity contribution is 5.91. The topological polar surface area (TPSA) is 59.7 Å². The smallest absolute Gasteiger partial charge is 0.387 e. The van der Waals surface area contributed by atoms with Crippen molar-refractivity contribution in [2.45, 2.75) is 13.2 Å². The Labute approximate surface area is 148 Å². The minimum atomic E-state index is -2.93. The number of carbonyl (C=O) groups excluding carboxylic acids is 1. The molecule has 2 heterocycles. The van der Waals surface area contributed by atoms with Crippen molar-refractivity contribution in [3.8, 4) is 5.75 Å². The molecule has 6 nitrogen and oxygen atoms in total. The van der Waals surface area contributed by atoms with Crippen LogP contribution in [0, 0.1) is 0 Å². The number of hydrogen-bond donors (Lipinski definition) is 0. The third-order valence-electron chi connectivity index (χ3n) is 3.68. The molecule has 134 valence electrons. The number of alkyl halides is 2. The average Bonchev–Trinajstić information content (AvgIpc) is 3.03. The summed E-state index contributed by atoms with van der Waals surface area (Å²) < 4.78 is 31.1. The Kier molecular flexibility index (Phi) is 5.21. The predicted molar refractivity (Wildman–Crippen MR) is 91.6 cm³/mol. The van der Waals surface area contributed by atoms with E-state index in [1.54, 1.807) is 29.6 Å². The summed E-state index contributed by atoms with van der Waals surface area (Å²) in [5.41, 5.74) is 1.08. The highest BCUT2D eigenvalue weighted by Crippen LogP contribution is 2.21. The lowest BCUT2D eigenvalue weighted by molar-refractivity contribution is -0.125. The van der Waals surface area contributed by atoms with E-state index in [0.29, 0.717) is 17.0 Å². The van der Waals surface area contributed by atoms with Gasteiger partial charge in [0, 0.05) is 24.9 Å². The lowest BCUT2D eigenvalue weighted by Crippen LogP contribution is -2.25. The van der Waals surface area contributed by atoms with E-state index in [9.17, 15) is 13.6 Å². The van der Waals surface area contributed by atoms with E-state index < -0.39 is 6.61 Å². The van der Waals surface area contributed by atoms with Crippen LogP contribution in [0.4, 0.5) is 8.78 Å². The molecule has 0 N–H and O–H groups in total. The first-order chi connectivity index (χ1) is 12.5. The van der Waals surface area contributed by atoms with Gasteiger partial charge in [-0.25, -0.2) is 0 Å². The van der Waals surface area contributed by atoms with Gasteiger partial charge in [0.25, 0.3) is 0 Å². The zero-order valence-corrected chi connectivity index (χ0v) is 13.9. The van der Waals surface area contributed by atoms with Crippen molar-refractivity contribution in [2.24, 2.45) is 0 Å². The van der Waals surface area contributed by atoms with E-state index in [2.05, 4.69) is 14.9 Å². The molecule has 8 heteroatoms. The molecule has 0 radical (unpaired) electrons. The number of rotatable bonds is 6. The van der Waals surface area contributed by atoms with Gasteiger partial charge in [-0.15, -0.1) is 10.2 Å². The van der Waals surface area contributed by atoms with Gasteiger partial charge in [0.05, 0.1) is 6.54 Å². The Balaban J connectivity index is 1.71. The van der Waals surface area contributed by atoms with Crippen LogP contribution >= 0.6 is 0 Å². The van der Waals surface area contributed by atoms with E-state index in [1.165, 1.54) is 23.1 Å². The molecule has 0 unspecified atom stereocenters. The molecule has 0 atom stereocenters. The van der Waals surface area contributed by atoms with Crippen molar-refractivity contribution in [1.29, 1.82) is 0 Å². The number of aromatic nitrogens is 3. The largest absolute Gasteiger partial charge is 0.434 e. The van der Waals surface area contributed by atoms with Gasteiger partial charge in [-0.05, 0) is 24.3 Å². The zero-order valence-electron chi connectivity index (χ0n) is 13.9. The summed E-state index contributed by atoms with van der Waals surface area (Å²) in [7, 11) is 1.62. The Bertz CT molecular complexity index is 940. The molecular formula is C18H16F2N4O2. The number of amides is 1. The molecule has 1 aromatic carbocycles. The number of halogens is 2. The normalized spacial score (nSPS) is 11.4. The van der Waals surface area contributed by atoms with Gasteiger partial charge < -0.3 is 9.64 Å². The number of pyridine rings is 1. The summed E-state index contributed by atoms with van der Waals surface area (Å²) in [5.74, 6) is 0.327. The fourth-order valence-corrected chi connectivity index (χ4v) is 2.40. The third-order valence-corrected chi connectivity index (χ3v) is 3.68. The van der Waals surface area contributed by atoms with Gasteiger partial charge in [-0.1, -0.05) is 24.3 Å². The highest BCUT2D eigenvalue weighted by atomic mass is 19.3. The van der Waals surface area contributed by atoms with E-state index in [4.69, 9.17) is 0 Å². The molecule has 0 bridgehead atoms. The molecule has 0 saturated carbocycles. The SMILES string of the molecule is CN(Cc1nnc2ccccn12)C(=O)C=Cc1ccccc1OC(F)F. The Hall–Kier alpha value is -3.29. The monoisotopic (exact) mass is 358 g/mol. The highest BCUT2D eigenvalue weighted by Gasteiger charge is 2.12. The molecule has 0 aliphatic carbocycles. The Morgan fingerprint density at radius 1 is 1.23 bits per heavy atom. The quantitative estimate of drug-likeness (QED) is 0.636. The number of likely N-dealkylation sites (N-methyl/N-ethyl adjacent to an activating group) is 1. The number of fused-ring (bicyclic) bond motifs is 1. The molecule has 1 amide bonds.